The maximum atomic E-state index is 12.9. The van der Waals surface area contributed by atoms with Gasteiger partial charge in [0.05, 0.1) is 16.5 Å². The summed E-state index contributed by atoms with van der Waals surface area (Å²) < 4.78 is 35.5. The van der Waals surface area contributed by atoms with Crippen molar-refractivity contribution in [2.24, 2.45) is 0 Å². The van der Waals surface area contributed by atoms with Crippen LogP contribution in [0.2, 0.25) is 5.02 Å². The minimum absolute atomic E-state index is 0.0189. The van der Waals surface area contributed by atoms with Gasteiger partial charge in [0.15, 0.2) is 9.84 Å². The molecular weight excluding hydrogens is 305 g/mol. The van der Waals surface area contributed by atoms with Crippen LogP contribution in [0.25, 0.3) is 6.08 Å². The van der Waals surface area contributed by atoms with Gasteiger partial charge in [0, 0.05) is 12.1 Å². The van der Waals surface area contributed by atoms with E-state index in [-0.39, 0.29) is 28.5 Å². The fourth-order valence-electron chi connectivity index (χ4n) is 1.95. The molecule has 2 rings (SSSR count). The predicted molar refractivity (Wildman–Crippen MR) is 75.6 cm³/mol. The second-order valence-corrected chi connectivity index (χ2v) is 7.25. The van der Waals surface area contributed by atoms with Crippen LogP contribution < -0.4 is 5.32 Å². The number of sulfone groups is 1. The molecule has 0 aromatic heterocycles. The second kappa shape index (κ2) is 5.93. The van der Waals surface area contributed by atoms with Crippen molar-refractivity contribution in [2.45, 2.75) is 12.5 Å². The van der Waals surface area contributed by atoms with Crippen molar-refractivity contribution in [3.05, 3.63) is 40.7 Å². The van der Waals surface area contributed by atoms with Crippen molar-refractivity contribution < 1.29 is 17.6 Å². The number of hydrogen-bond donors (Lipinski definition) is 1. The average molecular weight is 318 g/mol. The molecule has 4 nitrogen and oxygen atoms in total. The van der Waals surface area contributed by atoms with E-state index in [9.17, 15) is 17.6 Å². The normalized spacial score (nSPS) is 21.2. The lowest BCUT2D eigenvalue weighted by Gasteiger charge is -2.07. The second-order valence-electron chi connectivity index (χ2n) is 4.62. The summed E-state index contributed by atoms with van der Waals surface area (Å²) in [5.41, 5.74) is 0.589. The highest BCUT2D eigenvalue weighted by molar-refractivity contribution is 7.91. The Morgan fingerprint density at radius 2 is 2.20 bits per heavy atom. The fourth-order valence-corrected chi connectivity index (χ4v) is 3.81. The lowest BCUT2D eigenvalue weighted by molar-refractivity contribution is -0.116. The standard InChI is InChI=1S/C13H13ClFNO3S/c14-11-7-9(1-3-12(11)15)2-4-13(17)16-10-5-6-20(18,19)8-10/h1-4,7,10H,5-6,8H2,(H,16,17)/b4-2+. The van der Waals surface area contributed by atoms with Crippen molar-refractivity contribution >= 4 is 33.4 Å². The number of rotatable bonds is 3. The first kappa shape index (κ1) is 15.0. The molecular formula is C13H13ClFNO3S. The third kappa shape index (κ3) is 4.05. The Kier molecular flexibility index (Phi) is 4.45. The van der Waals surface area contributed by atoms with Gasteiger partial charge in [-0.3, -0.25) is 4.79 Å². The molecule has 1 aliphatic heterocycles. The van der Waals surface area contributed by atoms with Crippen molar-refractivity contribution in [1.29, 1.82) is 0 Å². The van der Waals surface area contributed by atoms with E-state index in [1.807, 2.05) is 0 Å². The number of halogens is 2. The van der Waals surface area contributed by atoms with Crippen LogP contribution in [0.3, 0.4) is 0 Å². The van der Waals surface area contributed by atoms with Crippen LogP contribution in [0.4, 0.5) is 4.39 Å². The highest BCUT2D eigenvalue weighted by atomic mass is 35.5. The molecule has 1 unspecified atom stereocenters. The zero-order chi connectivity index (χ0) is 14.8. The Balaban J connectivity index is 1.94. The summed E-state index contributed by atoms with van der Waals surface area (Å²) in [5.74, 6) is -0.818. The van der Waals surface area contributed by atoms with Crippen LogP contribution in [0.5, 0.6) is 0 Å². The number of benzene rings is 1. The molecule has 1 aromatic rings. The van der Waals surface area contributed by atoms with Gasteiger partial charge in [0.25, 0.3) is 0 Å². The van der Waals surface area contributed by atoms with Crippen molar-refractivity contribution in [1.82, 2.24) is 5.32 Å². The van der Waals surface area contributed by atoms with E-state index in [0.29, 0.717) is 12.0 Å². The van der Waals surface area contributed by atoms with Gasteiger partial charge in [-0.05, 0) is 30.2 Å². The van der Waals surface area contributed by atoms with Crippen LogP contribution in [-0.4, -0.2) is 31.9 Å². The zero-order valence-corrected chi connectivity index (χ0v) is 12.0. The van der Waals surface area contributed by atoms with E-state index in [0.717, 1.165) is 0 Å². The maximum Gasteiger partial charge on any atom is 0.244 e. The molecule has 20 heavy (non-hydrogen) atoms. The van der Waals surface area contributed by atoms with Crippen molar-refractivity contribution in [2.75, 3.05) is 11.5 Å². The molecule has 1 heterocycles. The van der Waals surface area contributed by atoms with Gasteiger partial charge in [-0.2, -0.15) is 0 Å². The number of carbonyl (C=O) groups is 1. The van der Waals surface area contributed by atoms with Gasteiger partial charge in [-0.15, -0.1) is 0 Å². The smallest absolute Gasteiger partial charge is 0.244 e. The lowest BCUT2D eigenvalue weighted by Crippen LogP contribution is -2.34. The quantitative estimate of drug-likeness (QED) is 0.865. The SMILES string of the molecule is O=C(/C=C/c1ccc(F)c(Cl)c1)NC1CCS(=O)(=O)C1. The Bertz CT molecular complexity index is 658. The number of hydrogen-bond acceptors (Lipinski definition) is 3. The molecule has 0 aliphatic carbocycles. The van der Waals surface area contributed by atoms with Crippen LogP contribution >= 0.6 is 11.6 Å². The molecule has 1 N–H and O–H groups in total. The van der Waals surface area contributed by atoms with E-state index < -0.39 is 15.7 Å². The molecule has 1 amide bonds. The van der Waals surface area contributed by atoms with Crippen molar-refractivity contribution in [3.8, 4) is 0 Å². The fraction of sp³-hybridized carbons (Fsp3) is 0.308. The first-order valence-corrected chi connectivity index (χ1v) is 8.20. The summed E-state index contributed by atoms with van der Waals surface area (Å²) in [4.78, 5) is 11.6. The van der Waals surface area contributed by atoms with Gasteiger partial charge in [0.1, 0.15) is 5.82 Å². The molecule has 1 fully saturated rings. The highest BCUT2D eigenvalue weighted by Gasteiger charge is 2.28. The zero-order valence-electron chi connectivity index (χ0n) is 10.5. The average Bonchev–Trinajstić information content (AvgIpc) is 2.70. The first-order chi connectivity index (χ1) is 9.35. The molecule has 1 aliphatic rings. The minimum atomic E-state index is -3.02. The largest absolute Gasteiger partial charge is 0.349 e. The molecule has 0 spiro atoms. The number of amides is 1. The monoisotopic (exact) mass is 317 g/mol. The van der Waals surface area contributed by atoms with Crippen LogP contribution in [0.1, 0.15) is 12.0 Å². The maximum absolute atomic E-state index is 12.9. The molecule has 108 valence electrons. The number of carbonyl (C=O) groups excluding carboxylic acids is 1. The Labute approximate surface area is 121 Å². The Morgan fingerprint density at radius 1 is 1.45 bits per heavy atom. The van der Waals surface area contributed by atoms with Gasteiger partial charge in [-0.25, -0.2) is 12.8 Å². The summed E-state index contributed by atoms with van der Waals surface area (Å²) in [6.07, 6.45) is 3.20. The van der Waals surface area contributed by atoms with Crippen LogP contribution in [-0.2, 0) is 14.6 Å². The van der Waals surface area contributed by atoms with Crippen molar-refractivity contribution in [3.63, 3.8) is 0 Å². The van der Waals surface area contributed by atoms with Gasteiger partial charge in [-0.1, -0.05) is 17.7 Å². The summed E-state index contributed by atoms with van der Waals surface area (Å²) in [6, 6.07) is 3.77. The Morgan fingerprint density at radius 3 is 2.80 bits per heavy atom. The van der Waals surface area contributed by atoms with Gasteiger partial charge < -0.3 is 5.32 Å². The molecule has 0 bridgehead atoms. The summed E-state index contributed by atoms with van der Waals surface area (Å²) in [6.45, 7) is 0. The predicted octanol–water partition coefficient (Wildman–Crippen LogP) is 1.80. The van der Waals surface area contributed by atoms with Crippen LogP contribution in [0, 0.1) is 5.82 Å². The first-order valence-electron chi connectivity index (χ1n) is 6.00. The van der Waals surface area contributed by atoms with Gasteiger partial charge in [0.2, 0.25) is 5.91 Å². The van der Waals surface area contributed by atoms with Crippen LogP contribution in [0.15, 0.2) is 24.3 Å². The molecule has 1 atom stereocenters. The summed E-state index contributed by atoms with van der Waals surface area (Å²) >= 11 is 5.62. The molecule has 1 aromatic carbocycles. The van der Waals surface area contributed by atoms with E-state index in [4.69, 9.17) is 11.6 Å². The summed E-state index contributed by atoms with van der Waals surface area (Å²) in [5, 5.41) is 2.60. The molecule has 0 saturated carbocycles. The topological polar surface area (TPSA) is 63.2 Å². The minimum Gasteiger partial charge on any atom is -0.349 e. The van der Waals surface area contributed by atoms with Gasteiger partial charge >= 0.3 is 0 Å². The van der Waals surface area contributed by atoms with E-state index in [1.54, 1.807) is 0 Å². The molecule has 7 heteroatoms. The highest BCUT2D eigenvalue weighted by Crippen LogP contribution is 2.17. The number of nitrogens with one attached hydrogen (secondary N) is 1. The Hall–Kier alpha value is -1.40. The molecule has 1 saturated heterocycles. The lowest BCUT2D eigenvalue weighted by atomic mass is 10.2. The third-order valence-electron chi connectivity index (χ3n) is 2.95. The van der Waals surface area contributed by atoms with E-state index in [1.165, 1.54) is 30.4 Å². The molecule has 0 radical (unpaired) electrons. The van der Waals surface area contributed by atoms with E-state index >= 15 is 0 Å². The third-order valence-corrected chi connectivity index (χ3v) is 5.01. The van der Waals surface area contributed by atoms with E-state index in [2.05, 4.69) is 5.32 Å². The summed E-state index contributed by atoms with van der Waals surface area (Å²) in [7, 11) is -3.02.